The van der Waals surface area contributed by atoms with Gasteiger partial charge in [0, 0.05) is 84.6 Å². The Morgan fingerprint density at radius 3 is 1.85 bits per heavy atom. The van der Waals surface area contributed by atoms with Gasteiger partial charge in [-0.3, -0.25) is 0 Å². The summed E-state index contributed by atoms with van der Waals surface area (Å²) in [4.78, 5) is 8.66. The molecule has 0 radical (unpaired) electrons. The van der Waals surface area contributed by atoms with Gasteiger partial charge in [0.1, 0.15) is 17.0 Å². The quantitative estimate of drug-likeness (QED) is 0.128. The zero-order valence-electron chi connectivity index (χ0n) is 64.0. The molecule has 12 aromatic rings. The zero-order valence-corrected chi connectivity index (χ0v) is 52.2. The van der Waals surface area contributed by atoms with Crippen molar-refractivity contribution in [1.29, 1.82) is 0 Å². The second kappa shape index (κ2) is 21.7. The molecule has 85 heavy (non-hydrogen) atoms. The summed E-state index contributed by atoms with van der Waals surface area (Å²) in [5, 5.41) is -0.105. The molecule has 1 aliphatic heterocycles. The summed E-state index contributed by atoms with van der Waals surface area (Å²) in [6, 6.07) is 34.5. The first kappa shape index (κ1) is 42.6. The van der Waals surface area contributed by atoms with Gasteiger partial charge in [-0.15, -0.1) is 48.2 Å². The van der Waals surface area contributed by atoms with Gasteiger partial charge in [0.2, 0.25) is 0 Å². The van der Waals surface area contributed by atoms with Crippen molar-refractivity contribution < 1.29 is 49.4 Å². The number of pyridine rings is 1. The van der Waals surface area contributed by atoms with Crippen LogP contribution in [0.5, 0.6) is 11.5 Å². The van der Waals surface area contributed by atoms with E-state index in [1.54, 1.807) is 18.2 Å². The number of aromatic nitrogens is 2. The van der Waals surface area contributed by atoms with Crippen molar-refractivity contribution in [3.63, 3.8) is 0 Å². The predicted octanol–water partition coefficient (Wildman–Crippen LogP) is 22.0. The normalized spacial score (nSPS) is 15.3. The topological polar surface area (TPSA) is 46.7 Å². The van der Waals surface area contributed by atoms with Gasteiger partial charge in [0.25, 0.3) is 0 Å². The molecule has 1 aliphatic rings. The van der Waals surface area contributed by atoms with Crippen LogP contribution in [0.3, 0.4) is 0 Å². The molecule has 430 valence electrons. The van der Waals surface area contributed by atoms with E-state index in [1.807, 2.05) is 85.8 Å². The van der Waals surface area contributed by atoms with E-state index in [4.69, 9.17) is 25.1 Å². The Balaban J connectivity index is 0.00000931. The number of hydrogen-bond donors (Lipinski definition) is 0. The third-order valence-electron chi connectivity index (χ3n) is 16.0. The fourth-order valence-corrected chi connectivity index (χ4v) is 11.5. The van der Waals surface area contributed by atoms with Crippen LogP contribution in [-0.4, -0.2) is 9.55 Å². The van der Waals surface area contributed by atoms with Crippen LogP contribution in [0, 0.1) is 18.8 Å². The molecule has 9 aromatic carbocycles. The summed E-state index contributed by atoms with van der Waals surface area (Å²) in [5.41, 5.74) is 9.60. The molecule has 0 unspecified atom stereocenters. The standard InChI is InChI=1S/C78H73N4O2.Pt/c1-48(2)59-26-21-27-60(49(3)4)72(59)52-41-56(80-47-81(67-31-19-18-30-66(67)80)74-61(50-23-15-14-16-24-50)28-22-29-62(74)51-39-54(77(8,9)10)43-55(40-51)78(11,12)13)45-58(42-52)83-57-33-34-65-69(46-57)82(71-44-53(37-38-79-71)76(5,6)7)68-36-35-64-63-25-17-20-32-70(63)84-75(64)73(65)68;/h14-44,47-49H,1-13H3;/q-3;/i14D,15D,16D,17D,20D,23D,24D,25D,32D,33D,34D,35D,36D,38D;. The Morgan fingerprint density at radius 1 is 0.553 bits per heavy atom. The summed E-state index contributed by atoms with van der Waals surface area (Å²) >= 11 is 0. The summed E-state index contributed by atoms with van der Waals surface area (Å²) in [6.45, 7) is 29.4. The molecular formula is C78H73N4O2Pt-3. The number of para-hydroxylation sites is 4. The summed E-state index contributed by atoms with van der Waals surface area (Å²) < 4.78 is 144. The van der Waals surface area contributed by atoms with Gasteiger partial charge in [0.15, 0.2) is 0 Å². The van der Waals surface area contributed by atoms with Crippen LogP contribution in [0.25, 0.3) is 82.9 Å². The van der Waals surface area contributed by atoms with Crippen molar-refractivity contribution in [2.24, 2.45) is 0 Å². The third-order valence-corrected chi connectivity index (χ3v) is 16.0. The van der Waals surface area contributed by atoms with Gasteiger partial charge in [0.05, 0.1) is 16.4 Å². The van der Waals surface area contributed by atoms with E-state index < -0.39 is 71.9 Å². The van der Waals surface area contributed by atoms with Gasteiger partial charge >= 0.3 is 0 Å². The van der Waals surface area contributed by atoms with Gasteiger partial charge in [-0.05, 0) is 122 Å². The number of benzene rings is 9. The average molecular weight is 1310 g/mol. The SMILES string of the molecule is [2H]c1cc(C(C)(C)C)cc(-n2c3[c-]c(Oc4[c-]c(N5[CH-]N(c6c(-c7cc(C(C)(C)C)cc(C(C)(C)C)c7)cccc6-c6c([2H])c([2H])c([2H])c([2H])c6[2H])c6ccccc65)cc(-c5c(C(C)C)cccc5C(C)C)c4)c([2H])c([2H])c3c3c4oc5c([2H])c([2H])c([2H])c([2H])c5c4c([2H])c([2H])c32)n1.[Pt]. The number of furan rings is 1. The van der Waals surface area contributed by atoms with Crippen LogP contribution >= 0.6 is 0 Å². The molecule has 0 spiro atoms. The summed E-state index contributed by atoms with van der Waals surface area (Å²) in [5.74, 6) is 0.0626. The summed E-state index contributed by atoms with van der Waals surface area (Å²) in [6.07, 6.45) is -0.119. The van der Waals surface area contributed by atoms with Crippen LogP contribution < -0.4 is 14.5 Å². The molecule has 0 aliphatic carbocycles. The molecule has 4 heterocycles. The molecule has 0 saturated heterocycles. The van der Waals surface area contributed by atoms with E-state index in [9.17, 15) is 8.22 Å². The van der Waals surface area contributed by atoms with Gasteiger partial charge in [-0.25, -0.2) is 4.98 Å². The summed E-state index contributed by atoms with van der Waals surface area (Å²) in [7, 11) is 0. The van der Waals surface area contributed by atoms with Crippen LogP contribution in [0.4, 0.5) is 22.7 Å². The van der Waals surface area contributed by atoms with E-state index in [0.717, 1.165) is 44.5 Å². The van der Waals surface area contributed by atoms with E-state index in [0.29, 0.717) is 33.9 Å². The van der Waals surface area contributed by atoms with Crippen LogP contribution in [0.2, 0.25) is 0 Å². The van der Waals surface area contributed by atoms with E-state index in [-0.39, 0.29) is 129 Å². The second-order valence-electron chi connectivity index (χ2n) is 25.5. The number of rotatable bonds is 10. The molecule has 6 nitrogen and oxygen atoms in total. The Labute approximate surface area is 536 Å². The van der Waals surface area contributed by atoms with Gasteiger partial charge in [-0.1, -0.05) is 216 Å². The van der Waals surface area contributed by atoms with Crippen molar-refractivity contribution in [2.75, 3.05) is 9.80 Å². The van der Waals surface area contributed by atoms with E-state index in [2.05, 4.69) is 118 Å². The van der Waals surface area contributed by atoms with Crippen molar-refractivity contribution in [2.45, 2.75) is 118 Å². The molecule has 0 bridgehead atoms. The molecular weight excluding hydrogens is 1220 g/mol. The molecule has 13 rings (SSSR count). The van der Waals surface area contributed by atoms with E-state index >= 15 is 0 Å². The Morgan fingerprint density at radius 2 is 1.18 bits per heavy atom. The minimum Gasteiger partial charge on any atom is -0.509 e. The number of ether oxygens (including phenoxy) is 1. The smallest absolute Gasteiger partial charge is 0.135 e. The minimum atomic E-state index is -0.561. The first-order valence-electron chi connectivity index (χ1n) is 35.6. The molecule has 0 saturated carbocycles. The number of nitrogens with zero attached hydrogens (tertiary/aromatic N) is 4. The average Bonchev–Trinajstić information content (AvgIpc) is 1.54. The first-order chi connectivity index (χ1) is 46.0. The van der Waals surface area contributed by atoms with Crippen LogP contribution in [0.15, 0.2) is 192 Å². The number of anilines is 4. The molecule has 0 N–H and O–H groups in total. The van der Waals surface area contributed by atoms with Gasteiger partial charge in [-0.2, -0.15) is 6.04 Å². The maximum Gasteiger partial charge on any atom is 0.135 e. The number of hydrogen-bond acceptors (Lipinski definition) is 5. The maximum atomic E-state index is 10.1. The Hall–Kier alpha value is -8.18. The Kier molecular flexibility index (Phi) is 10.9. The van der Waals surface area contributed by atoms with Crippen molar-refractivity contribution in [3.8, 4) is 50.7 Å². The minimum absolute atomic E-state index is 0. The molecule has 3 aromatic heterocycles. The fourth-order valence-electron chi connectivity index (χ4n) is 11.5. The van der Waals surface area contributed by atoms with Gasteiger partial charge < -0.3 is 23.5 Å². The molecule has 7 heteroatoms. The molecule has 0 amide bonds. The second-order valence-corrected chi connectivity index (χ2v) is 25.5. The molecule has 0 atom stereocenters. The Bertz CT molecular complexity index is 5300. The fraction of sp³-hybridized carbons (Fsp3) is 0.231. The first-order valence-corrected chi connectivity index (χ1v) is 28.6. The van der Waals surface area contributed by atoms with E-state index in [1.165, 1.54) is 4.57 Å². The molecule has 0 fully saturated rings. The van der Waals surface area contributed by atoms with Crippen molar-refractivity contribution in [1.82, 2.24) is 9.55 Å². The number of fused-ring (bicyclic) bond motifs is 8. The monoisotopic (exact) mass is 1310 g/mol. The zero-order chi connectivity index (χ0) is 70.7. The maximum absolute atomic E-state index is 10.1. The predicted molar refractivity (Wildman–Crippen MR) is 352 cm³/mol. The van der Waals surface area contributed by atoms with Crippen LogP contribution in [0.1, 0.15) is 149 Å². The largest absolute Gasteiger partial charge is 0.509 e. The van der Waals surface area contributed by atoms with Crippen molar-refractivity contribution in [3.05, 3.63) is 234 Å². The van der Waals surface area contributed by atoms with Crippen LogP contribution in [-0.2, 0) is 37.3 Å². The third kappa shape index (κ3) is 10.3. The van der Waals surface area contributed by atoms with Crippen molar-refractivity contribution >= 4 is 66.5 Å².